The van der Waals surface area contributed by atoms with Crippen molar-refractivity contribution in [3.8, 4) is 0 Å². The summed E-state index contributed by atoms with van der Waals surface area (Å²) in [4.78, 5) is 38.9. The number of carbonyl (C=O) groups excluding carboxylic acids is 3. The lowest BCUT2D eigenvalue weighted by molar-refractivity contribution is -0.132. The topological polar surface area (TPSA) is 108 Å². The first kappa shape index (κ1) is 31.1. The van der Waals surface area contributed by atoms with Crippen molar-refractivity contribution in [3.05, 3.63) is 12.2 Å². The van der Waals surface area contributed by atoms with Crippen molar-refractivity contribution < 1.29 is 19.5 Å². The number of nitrogens with one attached hydrogen (secondary N) is 3. The maximum Gasteiger partial charge on any atom is 0.242 e. The first-order valence-corrected chi connectivity index (χ1v) is 13.9. The standard InChI is InChI=1S/C28H51N3O4/c1-5-6-7-9-12-15-22-16-13-10-8-11-14-17-23(26(33)29-4)19-24(20-32)30-28(35)25(18-21(2)3)31-27(22)34/h11,14,21-25,32H,5-10,12-13,15-20H2,1-4H3,(H,29,33)(H,30,35)(H,31,34)/b14-11-/t22?,23?,24-,25-/m0/s1. The molecular formula is C28H51N3O4. The lowest BCUT2D eigenvalue weighted by atomic mass is 9.92. The highest BCUT2D eigenvalue weighted by Crippen LogP contribution is 2.21. The third-order valence-electron chi connectivity index (χ3n) is 6.88. The molecule has 202 valence electrons. The summed E-state index contributed by atoms with van der Waals surface area (Å²) in [6.45, 7) is 6.00. The number of aliphatic hydroxyl groups is 1. The van der Waals surface area contributed by atoms with E-state index >= 15 is 0 Å². The first-order chi connectivity index (χ1) is 16.8. The smallest absolute Gasteiger partial charge is 0.242 e. The van der Waals surface area contributed by atoms with Gasteiger partial charge in [-0.3, -0.25) is 14.4 Å². The molecule has 0 saturated heterocycles. The summed E-state index contributed by atoms with van der Waals surface area (Å²) in [6, 6.07) is -1.20. The predicted octanol–water partition coefficient (Wildman–Crippen LogP) is 4.24. The van der Waals surface area contributed by atoms with Crippen LogP contribution in [0.5, 0.6) is 0 Å². The highest BCUT2D eigenvalue weighted by molar-refractivity contribution is 5.88. The summed E-state index contributed by atoms with van der Waals surface area (Å²) >= 11 is 0. The summed E-state index contributed by atoms with van der Waals surface area (Å²) in [5, 5.41) is 18.6. The van der Waals surface area contributed by atoms with E-state index in [9.17, 15) is 19.5 Å². The van der Waals surface area contributed by atoms with Gasteiger partial charge in [0.25, 0.3) is 0 Å². The SMILES string of the molecule is CCCCCCCC1CCCC/C=C\CC(C(=O)NC)C[C@@H](CO)NC(=O)[C@H](CC(C)C)NC1=O. The van der Waals surface area contributed by atoms with Crippen molar-refractivity contribution in [1.29, 1.82) is 0 Å². The molecular weight excluding hydrogens is 442 g/mol. The Morgan fingerprint density at radius 2 is 1.83 bits per heavy atom. The van der Waals surface area contributed by atoms with Gasteiger partial charge >= 0.3 is 0 Å². The Hall–Kier alpha value is -1.89. The number of carbonyl (C=O) groups is 3. The van der Waals surface area contributed by atoms with E-state index in [1.165, 1.54) is 19.3 Å². The monoisotopic (exact) mass is 493 g/mol. The van der Waals surface area contributed by atoms with E-state index in [4.69, 9.17) is 0 Å². The average molecular weight is 494 g/mol. The second kappa shape index (κ2) is 18.4. The van der Waals surface area contributed by atoms with Crippen LogP contribution in [0, 0.1) is 17.8 Å². The number of hydrogen-bond donors (Lipinski definition) is 4. The molecule has 3 amide bonds. The number of hydrogen-bond acceptors (Lipinski definition) is 4. The molecule has 1 heterocycles. The Labute approximate surface area is 213 Å². The van der Waals surface area contributed by atoms with Crippen LogP contribution in [-0.4, -0.2) is 48.6 Å². The summed E-state index contributed by atoms with van der Waals surface area (Å²) in [5.74, 6) is -0.615. The minimum Gasteiger partial charge on any atom is -0.394 e. The zero-order chi connectivity index (χ0) is 26.1. The Bertz CT molecular complexity index is 650. The van der Waals surface area contributed by atoms with Gasteiger partial charge in [0.2, 0.25) is 17.7 Å². The highest BCUT2D eigenvalue weighted by atomic mass is 16.3. The normalized spacial score (nSPS) is 26.1. The van der Waals surface area contributed by atoms with Gasteiger partial charge in [-0.1, -0.05) is 71.4 Å². The van der Waals surface area contributed by atoms with Crippen LogP contribution in [0.15, 0.2) is 12.2 Å². The van der Waals surface area contributed by atoms with Crippen molar-refractivity contribution in [2.75, 3.05) is 13.7 Å². The summed E-state index contributed by atoms with van der Waals surface area (Å²) in [5.41, 5.74) is 0. The Balaban J connectivity index is 3.03. The van der Waals surface area contributed by atoms with Crippen LogP contribution in [0.2, 0.25) is 0 Å². The van der Waals surface area contributed by atoms with Gasteiger partial charge in [-0.25, -0.2) is 0 Å². The van der Waals surface area contributed by atoms with Gasteiger partial charge in [0.15, 0.2) is 0 Å². The molecule has 7 heteroatoms. The first-order valence-electron chi connectivity index (χ1n) is 13.9. The maximum atomic E-state index is 13.3. The predicted molar refractivity (Wildman–Crippen MR) is 142 cm³/mol. The molecule has 2 unspecified atom stereocenters. The van der Waals surface area contributed by atoms with Gasteiger partial charge in [-0.2, -0.15) is 0 Å². The molecule has 35 heavy (non-hydrogen) atoms. The van der Waals surface area contributed by atoms with Crippen LogP contribution >= 0.6 is 0 Å². The Morgan fingerprint density at radius 3 is 2.49 bits per heavy atom. The Kier molecular flexibility index (Phi) is 16.4. The van der Waals surface area contributed by atoms with Gasteiger partial charge in [-0.15, -0.1) is 0 Å². The van der Waals surface area contributed by atoms with Crippen LogP contribution in [0.4, 0.5) is 0 Å². The minimum absolute atomic E-state index is 0.0345. The summed E-state index contributed by atoms with van der Waals surface area (Å²) < 4.78 is 0. The number of amides is 3. The molecule has 0 radical (unpaired) electrons. The zero-order valence-electron chi connectivity index (χ0n) is 22.6. The van der Waals surface area contributed by atoms with Gasteiger partial charge in [0.05, 0.1) is 12.6 Å². The molecule has 0 aliphatic carbocycles. The van der Waals surface area contributed by atoms with Crippen LogP contribution in [0.1, 0.15) is 104 Å². The van der Waals surface area contributed by atoms with E-state index in [1.807, 2.05) is 19.9 Å². The van der Waals surface area contributed by atoms with E-state index in [1.54, 1.807) is 7.05 Å². The van der Waals surface area contributed by atoms with Crippen molar-refractivity contribution in [3.63, 3.8) is 0 Å². The summed E-state index contributed by atoms with van der Waals surface area (Å²) in [7, 11) is 1.60. The average Bonchev–Trinajstić information content (AvgIpc) is 2.83. The van der Waals surface area contributed by atoms with Crippen LogP contribution in [0.3, 0.4) is 0 Å². The molecule has 1 aliphatic rings. The van der Waals surface area contributed by atoms with Crippen molar-refractivity contribution in [2.45, 2.75) is 116 Å². The van der Waals surface area contributed by atoms with E-state index in [0.717, 1.165) is 44.9 Å². The number of allylic oxidation sites excluding steroid dienone is 2. The van der Waals surface area contributed by atoms with Gasteiger partial charge in [-0.05, 0) is 50.9 Å². The molecule has 0 saturated carbocycles. The molecule has 1 aliphatic heterocycles. The van der Waals surface area contributed by atoms with Crippen LogP contribution in [0.25, 0.3) is 0 Å². The van der Waals surface area contributed by atoms with E-state index in [0.29, 0.717) is 19.3 Å². The van der Waals surface area contributed by atoms with Crippen molar-refractivity contribution in [1.82, 2.24) is 16.0 Å². The largest absolute Gasteiger partial charge is 0.394 e. The molecule has 4 atom stereocenters. The van der Waals surface area contributed by atoms with Crippen molar-refractivity contribution in [2.24, 2.45) is 17.8 Å². The van der Waals surface area contributed by atoms with E-state index < -0.39 is 12.1 Å². The Morgan fingerprint density at radius 1 is 1.09 bits per heavy atom. The number of aliphatic hydroxyl groups excluding tert-OH is 1. The second-order valence-corrected chi connectivity index (χ2v) is 10.5. The van der Waals surface area contributed by atoms with Crippen LogP contribution < -0.4 is 16.0 Å². The molecule has 1 rings (SSSR count). The fourth-order valence-electron chi connectivity index (χ4n) is 4.76. The third kappa shape index (κ3) is 13.1. The van der Waals surface area contributed by atoms with Gasteiger partial charge in [0.1, 0.15) is 6.04 Å². The molecule has 0 bridgehead atoms. The summed E-state index contributed by atoms with van der Waals surface area (Å²) in [6.07, 6.45) is 15.9. The van der Waals surface area contributed by atoms with E-state index in [2.05, 4.69) is 29.0 Å². The van der Waals surface area contributed by atoms with Gasteiger partial charge < -0.3 is 21.1 Å². The highest BCUT2D eigenvalue weighted by Gasteiger charge is 2.29. The lowest BCUT2D eigenvalue weighted by Crippen LogP contribution is -2.52. The van der Waals surface area contributed by atoms with Crippen molar-refractivity contribution >= 4 is 17.7 Å². The quantitative estimate of drug-likeness (QED) is 0.270. The fourth-order valence-corrected chi connectivity index (χ4v) is 4.76. The maximum absolute atomic E-state index is 13.3. The molecule has 0 fully saturated rings. The zero-order valence-corrected chi connectivity index (χ0v) is 22.6. The minimum atomic E-state index is -0.648. The number of unbranched alkanes of at least 4 members (excludes halogenated alkanes) is 4. The second-order valence-electron chi connectivity index (χ2n) is 10.5. The van der Waals surface area contributed by atoms with Crippen LogP contribution in [-0.2, 0) is 14.4 Å². The van der Waals surface area contributed by atoms with Gasteiger partial charge in [0, 0.05) is 18.9 Å². The molecule has 0 spiro atoms. The van der Waals surface area contributed by atoms with E-state index in [-0.39, 0.29) is 42.1 Å². The third-order valence-corrected chi connectivity index (χ3v) is 6.88. The fraction of sp³-hybridized carbons (Fsp3) is 0.821. The molecule has 4 N–H and O–H groups in total. The number of rotatable bonds is 10. The molecule has 0 aromatic carbocycles. The molecule has 0 aromatic rings. The molecule has 7 nitrogen and oxygen atoms in total. The molecule has 0 aromatic heterocycles. The lowest BCUT2D eigenvalue weighted by Gasteiger charge is -2.27.